The van der Waals surface area contributed by atoms with Crippen LogP contribution in [0.5, 0.6) is 0 Å². The summed E-state index contributed by atoms with van der Waals surface area (Å²) in [5, 5.41) is 2.91. The molecule has 3 rings (SSSR count). The molecule has 3 aromatic heterocycles. The summed E-state index contributed by atoms with van der Waals surface area (Å²) in [6, 6.07) is 7.75. The molecule has 2 nitrogen and oxygen atoms in total. The lowest BCUT2D eigenvalue weighted by Crippen LogP contribution is -2.09. The molecule has 0 spiro atoms. The summed E-state index contributed by atoms with van der Waals surface area (Å²) < 4.78 is 39.0. The van der Waals surface area contributed by atoms with Crippen LogP contribution >= 0.6 is 11.3 Å². The summed E-state index contributed by atoms with van der Waals surface area (Å²) in [6.07, 6.45) is -2.46. The minimum atomic E-state index is -4.42. The second kappa shape index (κ2) is 4.86. The van der Waals surface area contributed by atoms with Crippen LogP contribution in [0.1, 0.15) is 17.1 Å². The summed E-state index contributed by atoms with van der Waals surface area (Å²) in [4.78, 5) is 7.92. The second-order valence-electron chi connectivity index (χ2n) is 4.28. The Morgan fingerprint density at radius 2 is 1.95 bits per heavy atom. The SMILES string of the molecule is FC(F)(F)c1cccc(Cc2nccc3sccc23)n1. The molecule has 0 N–H and O–H groups in total. The first-order valence-electron chi connectivity index (χ1n) is 5.88. The lowest BCUT2D eigenvalue weighted by molar-refractivity contribution is -0.141. The zero-order valence-corrected chi connectivity index (χ0v) is 11.0. The molecule has 0 aromatic carbocycles. The standard InChI is InChI=1S/C14H9F3N2S/c15-14(16,17)13-3-1-2-9(19-13)8-11-10-5-7-20-12(10)4-6-18-11/h1-7H,8H2. The number of hydrogen-bond acceptors (Lipinski definition) is 3. The van der Waals surface area contributed by atoms with Crippen LogP contribution in [-0.2, 0) is 12.6 Å². The minimum absolute atomic E-state index is 0.290. The number of hydrogen-bond donors (Lipinski definition) is 0. The van der Waals surface area contributed by atoms with Crippen LogP contribution in [0.3, 0.4) is 0 Å². The summed E-state index contributed by atoms with van der Waals surface area (Å²) in [6.45, 7) is 0. The fraction of sp³-hybridized carbons (Fsp3) is 0.143. The van der Waals surface area contributed by atoms with Gasteiger partial charge < -0.3 is 0 Å². The van der Waals surface area contributed by atoms with Crippen LogP contribution in [0.2, 0.25) is 0 Å². The van der Waals surface area contributed by atoms with E-state index in [1.54, 1.807) is 23.6 Å². The fourth-order valence-corrected chi connectivity index (χ4v) is 2.80. The Bertz CT molecular complexity index is 749. The average Bonchev–Trinajstić information content (AvgIpc) is 2.87. The first-order chi connectivity index (χ1) is 9.54. The maximum Gasteiger partial charge on any atom is 0.433 e. The maximum atomic E-state index is 12.6. The molecule has 0 amide bonds. The predicted octanol–water partition coefficient (Wildman–Crippen LogP) is 4.30. The Morgan fingerprint density at radius 3 is 2.75 bits per heavy atom. The molecule has 6 heteroatoms. The highest BCUT2D eigenvalue weighted by Crippen LogP contribution is 2.28. The van der Waals surface area contributed by atoms with Gasteiger partial charge in [0.25, 0.3) is 0 Å². The molecular weight excluding hydrogens is 285 g/mol. The third kappa shape index (κ3) is 2.51. The summed E-state index contributed by atoms with van der Waals surface area (Å²) in [5.74, 6) is 0. The summed E-state index contributed by atoms with van der Waals surface area (Å²) in [7, 11) is 0. The second-order valence-corrected chi connectivity index (χ2v) is 5.23. The zero-order valence-electron chi connectivity index (χ0n) is 10.2. The van der Waals surface area contributed by atoms with E-state index in [0.29, 0.717) is 5.69 Å². The summed E-state index contributed by atoms with van der Waals surface area (Å²) in [5.41, 5.74) is 0.245. The van der Waals surface area contributed by atoms with Gasteiger partial charge in [-0.2, -0.15) is 13.2 Å². The molecule has 0 aliphatic carbocycles. The van der Waals surface area contributed by atoms with E-state index in [4.69, 9.17) is 0 Å². The molecule has 0 radical (unpaired) electrons. The first-order valence-corrected chi connectivity index (χ1v) is 6.76. The first kappa shape index (κ1) is 13.1. The molecule has 0 fully saturated rings. The van der Waals surface area contributed by atoms with Gasteiger partial charge in [0.1, 0.15) is 5.69 Å². The molecule has 0 aliphatic rings. The number of alkyl halides is 3. The van der Waals surface area contributed by atoms with E-state index in [1.165, 1.54) is 6.07 Å². The Hall–Kier alpha value is -1.95. The molecular formula is C14H9F3N2S. The smallest absolute Gasteiger partial charge is 0.260 e. The van der Waals surface area contributed by atoms with Gasteiger partial charge >= 0.3 is 6.18 Å². The van der Waals surface area contributed by atoms with E-state index in [0.717, 1.165) is 21.8 Å². The van der Waals surface area contributed by atoms with Gasteiger partial charge in [0.15, 0.2) is 0 Å². The van der Waals surface area contributed by atoms with E-state index in [-0.39, 0.29) is 6.42 Å². The molecule has 102 valence electrons. The highest BCUT2D eigenvalue weighted by Gasteiger charge is 2.32. The molecule has 0 saturated carbocycles. The Kier molecular flexibility index (Phi) is 3.17. The van der Waals surface area contributed by atoms with Crippen LogP contribution in [0, 0.1) is 0 Å². The average molecular weight is 294 g/mol. The van der Waals surface area contributed by atoms with E-state index >= 15 is 0 Å². The van der Waals surface area contributed by atoms with Crippen molar-refractivity contribution in [2.45, 2.75) is 12.6 Å². The van der Waals surface area contributed by atoms with E-state index in [9.17, 15) is 13.2 Å². The van der Waals surface area contributed by atoms with Crippen molar-refractivity contribution < 1.29 is 13.2 Å². The summed E-state index contributed by atoms with van der Waals surface area (Å²) >= 11 is 1.58. The Labute approximate surface area is 116 Å². The highest BCUT2D eigenvalue weighted by atomic mass is 32.1. The lowest BCUT2D eigenvalue weighted by Gasteiger charge is -2.08. The number of thiophene rings is 1. The number of aromatic nitrogens is 2. The van der Waals surface area contributed by atoms with Crippen LogP contribution in [0.25, 0.3) is 10.1 Å². The van der Waals surface area contributed by atoms with Gasteiger partial charge in [0, 0.05) is 28.4 Å². The van der Waals surface area contributed by atoms with Gasteiger partial charge in [-0.25, -0.2) is 4.98 Å². The van der Waals surface area contributed by atoms with E-state index < -0.39 is 11.9 Å². The van der Waals surface area contributed by atoms with Crippen molar-refractivity contribution in [3.63, 3.8) is 0 Å². The largest absolute Gasteiger partial charge is 0.433 e. The van der Waals surface area contributed by atoms with Crippen molar-refractivity contribution in [1.82, 2.24) is 9.97 Å². The number of halogens is 3. The molecule has 0 atom stereocenters. The van der Waals surface area contributed by atoms with E-state index in [2.05, 4.69) is 9.97 Å². The quantitative estimate of drug-likeness (QED) is 0.704. The molecule has 0 unspecified atom stereocenters. The number of rotatable bonds is 2. The van der Waals surface area contributed by atoms with E-state index in [1.807, 2.05) is 17.5 Å². The maximum absolute atomic E-state index is 12.6. The Morgan fingerprint density at radius 1 is 1.10 bits per heavy atom. The zero-order chi connectivity index (χ0) is 14.2. The lowest BCUT2D eigenvalue weighted by atomic mass is 10.1. The fourth-order valence-electron chi connectivity index (χ4n) is 2.00. The van der Waals surface area contributed by atoms with Crippen molar-refractivity contribution in [3.8, 4) is 0 Å². The van der Waals surface area contributed by atoms with Crippen molar-refractivity contribution >= 4 is 21.4 Å². The number of pyridine rings is 2. The van der Waals surface area contributed by atoms with Gasteiger partial charge in [-0.3, -0.25) is 4.98 Å². The van der Waals surface area contributed by atoms with Gasteiger partial charge in [-0.1, -0.05) is 6.07 Å². The molecule has 20 heavy (non-hydrogen) atoms. The normalized spacial score (nSPS) is 11.9. The molecule has 3 heterocycles. The third-order valence-corrected chi connectivity index (χ3v) is 3.79. The van der Waals surface area contributed by atoms with Gasteiger partial charge in [0.2, 0.25) is 0 Å². The highest BCUT2D eigenvalue weighted by molar-refractivity contribution is 7.17. The Balaban J connectivity index is 1.97. The van der Waals surface area contributed by atoms with Gasteiger partial charge in [-0.15, -0.1) is 11.3 Å². The van der Waals surface area contributed by atoms with Crippen molar-refractivity contribution in [3.05, 3.63) is 59.0 Å². The van der Waals surface area contributed by atoms with Crippen molar-refractivity contribution in [2.75, 3.05) is 0 Å². The minimum Gasteiger partial charge on any atom is -0.260 e. The predicted molar refractivity (Wildman–Crippen MR) is 71.7 cm³/mol. The molecule has 0 saturated heterocycles. The van der Waals surface area contributed by atoms with Crippen molar-refractivity contribution in [1.29, 1.82) is 0 Å². The van der Waals surface area contributed by atoms with Crippen LogP contribution in [0.15, 0.2) is 41.9 Å². The topological polar surface area (TPSA) is 25.8 Å². The number of nitrogens with zero attached hydrogens (tertiary/aromatic N) is 2. The van der Waals surface area contributed by atoms with Crippen LogP contribution in [0.4, 0.5) is 13.2 Å². The monoisotopic (exact) mass is 294 g/mol. The number of fused-ring (bicyclic) bond motifs is 1. The van der Waals surface area contributed by atoms with Gasteiger partial charge in [0.05, 0.1) is 5.69 Å². The molecule has 0 aliphatic heterocycles. The third-order valence-electron chi connectivity index (χ3n) is 2.91. The van der Waals surface area contributed by atoms with Crippen molar-refractivity contribution in [2.24, 2.45) is 0 Å². The molecule has 0 bridgehead atoms. The van der Waals surface area contributed by atoms with Gasteiger partial charge in [-0.05, 0) is 29.6 Å². The molecule has 3 aromatic rings. The van der Waals surface area contributed by atoms with Crippen LogP contribution in [-0.4, -0.2) is 9.97 Å². The van der Waals surface area contributed by atoms with Crippen LogP contribution < -0.4 is 0 Å².